The lowest BCUT2D eigenvalue weighted by atomic mass is 10.0. The van der Waals surface area contributed by atoms with Gasteiger partial charge >= 0.3 is 0 Å². The van der Waals surface area contributed by atoms with Crippen LogP contribution >= 0.6 is 0 Å². The average molecular weight is 207 g/mol. The van der Waals surface area contributed by atoms with E-state index < -0.39 is 0 Å². The van der Waals surface area contributed by atoms with Crippen molar-refractivity contribution in [3.8, 4) is 0 Å². The Hall–Kier alpha value is -0.970. The van der Waals surface area contributed by atoms with Gasteiger partial charge in [0.2, 0.25) is 0 Å². The molecule has 0 aromatic carbocycles. The lowest BCUT2D eigenvalue weighted by Crippen LogP contribution is -2.20. The third-order valence-electron chi connectivity index (χ3n) is 3.77. The first-order valence-corrected chi connectivity index (χ1v) is 5.73. The highest BCUT2D eigenvalue weighted by molar-refractivity contribution is 5.04. The average Bonchev–Trinajstić information content (AvgIpc) is 3.04. The molecule has 1 atom stereocenters. The van der Waals surface area contributed by atoms with Crippen molar-refractivity contribution in [1.82, 2.24) is 20.2 Å². The smallest absolute Gasteiger partial charge is 0.167 e. The molecule has 0 amide bonds. The van der Waals surface area contributed by atoms with Crippen LogP contribution in [0.25, 0.3) is 0 Å². The maximum atomic E-state index is 5.83. The molecule has 2 N–H and O–H groups in total. The summed E-state index contributed by atoms with van der Waals surface area (Å²) in [6.07, 6.45) is 5.48. The fourth-order valence-electron chi connectivity index (χ4n) is 2.50. The first kappa shape index (κ1) is 9.27. The van der Waals surface area contributed by atoms with Gasteiger partial charge in [0, 0.05) is 0 Å². The van der Waals surface area contributed by atoms with Crippen LogP contribution in [0.15, 0.2) is 0 Å². The normalized spacial score (nSPS) is 25.2. The van der Waals surface area contributed by atoms with Gasteiger partial charge in [0.15, 0.2) is 5.82 Å². The molecule has 2 aliphatic rings. The minimum atomic E-state index is -0.0741. The van der Waals surface area contributed by atoms with Gasteiger partial charge in [-0.2, -0.15) is 0 Å². The molecule has 1 aromatic heterocycles. The van der Waals surface area contributed by atoms with Gasteiger partial charge in [0.25, 0.3) is 0 Å². The second-order valence-corrected chi connectivity index (χ2v) is 5.12. The van der Waals surface area contributed by atoms with Crippen LogP contribution in [0.2, 0.25) is 0 Å². The summed E-state index contributed by atoms with van der Waals surface area (Å²) in [7, 11) is 0. The summed E-state index contributed by atoms with van der Waals surface area (Å²) in [5, 5.41) is 11.8. The van der Waals surface area contributed by atoms with Crippen molar-refractivity contribution in [2.75, 3.05) is 0 Å². The zero-order chi connectivity index (χ0) is 10.5. The Kier molecular flexibility index (Phi) is 1.86. The van der Waals surface area contributed by atoms with Gasteiger partial charge in [0.1, 0.15) is 0 Å². The van der Waals surface area contributed by atoms with E-state index in [-0.39, 0.29) is 6.04 Å². The van der Waals surface area contributed by atoms with E-state index in [1.54, 1.807) is 0 Å². The Morgan fingerprint density at radius 2 is 2.27 bits per heavy atom. The van der Waals surface area contributed by atoms with Crippen molar-refractivity contribution in [3.05, 3.63) is 5.82 Å². The van der Waals surface area contributed by atoms with Gasteiger partial charge in [-0.05, 0) is 54.4 Å². The molecule has 0 bridgehead atoms. The molecule has 3 rings (SSSR count). The molecule has 0 saturated heterocycles. The number of nitrogens with two attached hydrogens (primary N) is 1. The standard InChI is InChI=1S/C10H17N5/c1-7(11)9-12-13-14-15(9)6-10(4-5-10)8-2-3-8/h7-8H,2-6,11H2,1H3. The molecule has 0 radical (unpaired) electrons. The van der Waals surface area contributed by atoms with Gasteiger partial charge in [-0.3, -0.25) is 0 Å². The van der Waals surface area contributed by atoms with Crippen molar-refractivity contribution in [2.45, 2.75) is 45.2 Å². The summed E-state index contributed by atoms with van der Waals surface area (Å²) in [6.45, 7) is 2.90. The zero-order valence-electron chi connectivity index (χ0n) is 9.06. The molecule has 2 aliphatic carbocycles. The summed E-state index contributed by atoms with van der Waals surface area (Å²) < 4.78 is 1.91. The van der Waals surface area contributed by atoms with E-state index in [0.29, 0.717) is 5.41 Å². The van der Waals surface area contributed by atoms with Crippen molar-refractivity contribution in [1.29, 1.82) is 0 Å². The molecule has 0 aliphatic heterocycles. The van der Waals surface area contributed by atoms with Crippen LogP contribution in [0.4, 0.5) is 0 Å². The van der Waals surface area contributed by atoms with E-state index in [4.69, 9.17) is 5.73 Å². The molecule has 2 saturated carbocycles. The molecule has 5 heteroatoms. The van der Waals surface area contributed by atoms with E-state index in [9.17, 15) is 0 Å². The summed E-state index contributed by atoms with van der Waals surface area (Å²) in [5.41, 5.74) is 6.35. The highest BCUT2D eigenvalue weighted by Crippen LogP contribution is 2.62. The highest BCUT2D eigenvalue weighted by Gasteiger charge is 2.54. The maximum absolute atomic E-state index is 5.83. The predicted molar refractivity (Wildman–Crippen MR) is 54.8 cm³/mol. The van der Waals surface area contributed by atoms with E-state index >= 15 is 0 Å². The van der Waals surface area contributed by atoms with Crippen molar-refractivity contribution < 1.29 is 0 Å². The quantitative estimate of drug-likeness (QED) is 0.795. The molecular weight excluding hydrogens is 190 g/mol. The molecule has 1 unspecified atom stereocenters. The lowest BCUT2D eigenvalue weighted by molar-refractivity contribution is 0.336. The van der Waals surface area contributed by atoms with Gasteiger partial charge < -0.3 is 5.73 Å². The number of hydrogen-bond donors (Lipinski definition) is 1. The first-order valence-electron chi connectivity index (χ1n) is 5.73. The highest BCUT2D eigenvalue weighted by atomic mass is 15.5. The van der Waals surface area contributed by atoms with E-state index in [1.165, 1.54) is 25.7 Å². The Morgan fingerprint density at radius 3 is 2.80 bits per heavy atom. The molecular formula is C10H17N5. The number of rotatable bonds is 4. The van der Waals surface area contributed by atoms with Crippen molar-refractivity contribution in [3.63, 3.8) is 0 Å². The third-order valence-corrected chi connectivity index (χ3v) is 3.77. The third kappa shape index (κ3) is 1.55. The summed E-state index contributed by atoms with van der Waals surface area (Å²) in [5.74, 6) is 1.75. The molecule has 1 heterocycles. The Balaban J connectivity index is 1.78. The summed E-state index contributed by atoms with van der Waals surface area (Å²) >= 11 is 0. The molecule has 5 nitrogen and oxygen atoms in total. The lowest BCUT2D eigenvalue weighted by Gasteiger charge is -2.15. The SMILES string of the molecule is CC(N)c1nnnn1CC1(C2CC2)CC1. The van der Waals surface area contributed by atoms with Crippen LogP contribution < -0.4 is 5.73 Å². The van der Waals surface area contributed by atoms with Gasteiger partial charge in [0.05, 0.1) is 12.6 Å². The number of nitrogens with zero attached hydrogens (tertiary/aromatic N) is 4. The van der Waals surface area contributed by atoms with Gasteiger partial charge in [-0.15, -0.1) is 5.10 Å². The zero-order valence-corrected chi connectivity index (χ0v) is 9.06. The minimum absolute atomic E-state index is 0.0741. The predicted octanol–water partition coefficient (Wildman–Crippen LogP) is 0.883. The van der Waals surface area contributed by atoms with Crippen LogP contribution in [-0.2, 0) is 6.54 Å². The number of aromatic nitrogens is 4. The second kappa shape index (κ2) is 3.01. The largest absolute Gasteiger partial charge is 0.322 e. The molecule has 15 heavy (non-hydrogen) atoms. The van der Waals surface area contributed by atoms with Crippen LogP contribution in [0, 0.1) is 11.3 Å². The topological polar surface area (TPSA) is 69.6 Å². The Morgan fingerprint density at radius 1 is 1.53 bits per heavy atom. The number of tetrazole rings is 1. The van der Waals surface area contributed by atoms with E-state index in [2.05, 4.69) is 15.5 Å². The molecule has 82 valence electrons. The van der Waals surface area contributed by atoms with E-state index in [0.717, 1.165) is 18.3 Å². The fourth-order valence-corrected chi connectivity index (χ4v) is 2.50. The molecule has 1 aromatic rings. The summed E-state index contributed by atoms with van der Waals surface area (Å²) in [4.78, 5) is 0. The fraction of sp³-hybridized carbons (Fsp3) is 0.900. The van der Waals surface area contributed by atoms with Crippen LogP contribution in [0.5, 0.6) is 0 Å². The number of hydrogen-bond acceptors (Lipinski definition) is 4. The van der Waals surface area contributed by atoms with Gasteiger partial charge in [-0.25, -0.2) is 4.68 Å². The Labute approximate surface area is 89.0 Å². The molecule has 2 fully saturated rings. The molecule has 0 spiro atoms. The van der Waals surface area contributed by atoms with Crippen LogP contribution in [-0.4, -0.2) is 20.2 Å². The Bertz CT molecular complexity index is 362. The van der Waals surface area contributed by atoms with Crippen LogP contribution in [0.1, 0.15) is 44.5 Å². The van der Waals surface area contributed by atoms with Crippen molar-refractivity contribution in [2.24, 2.45) is 17.1 Å². The summed E-state index contributed by atoms with van der Waals surface area (Å²) in [6, 6.07) is -0.0741. The minimum Gasteiger partial charge on any atom is -0.322 e. The van der Waals surface area contributed by atoms with E-state index in [1.807, 2.05) is 11.6 Å². The van der Waals surface area contributed by atoms with Crippen molar-refractivity contribution >= 4 is 0 Å². The second-order valence-electron chi connectivity index (χ2n) is 5.12. The first-order chi connectivity index (χ1) is 7.21. The van der Waals surface area contributed by atoms with Crippen LogP contribution in [0.3, 0.4) is 0 Å². The monoisotopic (exact) mass is 207 g/mol. The maximum Gasteiger partial charge on any atom is 0.167 e. The van der Waals surface area contributed by atoms with Gasteiger partial charge in [-0.1, -0.05) is 0 Å².